The number of aliphatic carboxylic acids is 1. The molecule has 0 saturated heterocycles. The van der Waals surface area contributed by atoms with Crippen LogP contribution in [0.1, 0.15) is 25.8 Å². The molecule has 0 aliphatic rings. The summed E-state index contributed by atoms with van der Waals surface area (Å²) in [5.74, 6) is -0.349. The van der Waals surface area contributed by atoms with E-state index in [4.69, 9.17) is 9.84 Å². The van der Waals surface area contributed by atoms with Crippen LogP contribution in [0.5, 0.6) is 5.75 Å². The molecular weight excluding hydrogens is 331 g/mol. The molecular formula is C13H17IO3. The quantitative estimate of drug-likeness (QED) is 0.634. The van der Waals surface area contributed by atoms with Crippen LogP contribution < -0.4 is 4.74 Å². The smallest absolute Gasteiger partial charge is 0.347 e. The van der Waals surface area contributed by atoms with Gasteiger partial charge < -0.3 is 9.84 Å². The van der Waals surface area contributed by atoms with Gasteiger partial charge in [-0.1, -0.05) is 34.7 Å². The number of alkyl halides is 1. The summed E-state index contributed by atoms with van der Waals surface area (Å²) in [4.78, 5) is 11.0. The fourth-order valence-corrected chi connectivity index (χ4v) is 1.76. The van der Waals surface area contributed by atoms with E-state index < -0.39 is 11.6 Å². The van der Waals surface area contributed by atoms with Crippen LogP contribution >= 0.6 is 22.6 Å². The highest BCUT2D eigenvalue weighted by Crippen LogP contribution is 2.20. The van der Waals surface area contributed by atoms with E-state index in [2.05, 4.69) is 22.6 Å². The largest absolute Gasteiger partial charge is 0.478 e. The van der Waals surface area contributed by atoms with Crippen molar-refractivity contribution < 1.29 is 14.6 Å². The van der Waals surface area contributed by atoms with Crippen molar-refractivity contribution in [1.82, 2.24) is 0 Å². The van der Waals surface area contributed by atoms with E-state index in [0.29, 0.717) is 5.75 Å². The number of benzene rings is 1. The van der Waals surface area contributed by atoms with Gasteiger partial charge in [0.15, 0.2) is 5.60 Å². The van der Waals surface area contributed by atoms with Crippen LogP contribution in [0.3, 0.4) is 0 Å². The van der Waals surface area contributed by atoms with Crippen molar-refractivity contribution in [2.24, 2.45) is 0 Å². The Hall–Kier alpha value is -0.780. The van der Waals surface area contributed by atoms with Crippen molar-refractivity contribution in [2.75, 3.05) is 4.43 Å². The molecule has 0 spiro atoms. The van der Waals surface area contributed by atoms with E-state index >= 15 is 0 Å². The molecule has 1 aromatic rings. The zero-order valence-electron chi connectivity index (χ0n) is 10.1. The molecule has 94 valence electrons. The molecule has 0 fully saturated rings. The van der Waals surface area contributed by atoms with Gasteiger partial charge in [0, 0.05) is 0 Å². The van der Waals surface area contributed by atoms with Gasteiger partial charge >= 0.3 is 5.97 Å². The molecule has 0 saturated carbocycles. The number of aryl methyl sites for hydroxylation is 1. The van der Waals surface area contributed by atoms with Crippen LogP contribution in [-0.2, 0) is 11.2 Å². The number of carbonyl (C=O) groups is 1. The van der Waals surface area contributed by atoms with Crippen molar-refractivity contribution in [3.63, 3.8) is 0 Å². The second-order valence-electron chi connectivity index (χ2n) is 4.36. The third kappa shape index (κ3) is 4.53. The number of hydrogen-bond donors (Lipinski definition) is 1. The Morgan fingerprint density at radius 1 is 1.47 bits per heavy atom. The van der Waals surface area contributed by atoms with Crippen LogP contribution in [0, 0.1) is 0 Å². The van der Waals surface area contributed by atoms with Gasteiger partial charge in [-0.3, -0.25) is 0 Å². The molecule has 0 radical (unpaired) electrons. The summed E-state index contributed by atoms with van der Waals surface area (Å²) in [6, 6.07) is 7.64. The minimum atomic E-state index is -1.19. The fourth-order valence-electron chi connectivity index (χ4n) is 1.37. The molecule has 0 aliphatic heterocycles. The van der Waals surface area contributed by atoms with E-state index in [1.54, 1.807) is 19.9 Å². The Balaban J connectivity index is 2.75. The lowest BCUT2D eigenvalue weighted by Gasteiger charge is -2.21. The molecule has 0 bridgehead atoms. The Morgan fingerprint density at radius 3 is 2.76 bits per heavy atom. The van der Waals surface area contributed by atoms with Crippen LogP contribution in [0.25, 0.3) is 0 Å². The first-order valence-corrected chi connectivity index (χ1v) is 7.05. The monoisotopic (exact) mass is 348 g/mol. The maximum Gasteiger partial charge on any atom is 0.347 e. The number of ether oxygens (including phenoxy) is 1. The summed E-state index contributed by atoms with van der Waals surface area (Å²) < 4.78 is 6.60. The van der Waals surface area contributed by atoms with Crippen molar-refractivity contribution >= 4 is 28.6 Å². The Morgan fingerprint density at radius 2 is 2.18 bits per heavy atom. The summed E-state index contributed by atoms with van der Waals surface area (Å²) in [6.45, 7) is 3.10. The number of hydrogen-bond acceptors (Lipinski definition) is 2. The minimum absolute atomic E-state index is 0.614. The second-order valence-corrected chi connectivity index (χ2v) is 5.44. The SMILES string of the molecule is CC(C)(Oc1cccc(CCCI)c1)C(=O)O. The van der Waals surface area contributed by atoms with Gasteiger partial charge in [0.2, 0.25) is 0 Å². The van der Waals surface area contributed by atoms with Gasteiger partial charge in [0.1, 0.15) is 5.75 Å². The van der Waals surface area contributed by atoms with Crippen molar-refractivity contribution in [3.05, 3.63) is 29.8 Å². The average molecular weight is 348 g/mol. The third-order valence-corrected chi connectivity index (χ3v) is 3.15. The maximum absolute atomic E-state index is 11.0. The summed E-state index contributed by atoms with van der Waals surface area (Å²) in [5.41, 5.74) is -0.0117. The molecule has 0 heterocycles. The molecule has 1 rings (SSSR count). The predicted octanol–water partition coefficient (Wildman–Crippen LogP) is 3.30. The zero-order valence-corrected chi connectivity index (χ0v) is 12.2. The normalized spacial score (nSPS) is 11.2. The van der Waals surface area contributed by atoms with Gasteiger partial charge in [-0.25, -0.2) is 4.79 Å². The third-order valence-electron chi connectivity index (χ3n) is 2.39. The van der Waals surface area contributed by atoms with Crippen LogP contribution in [-0.4, -0.2) is 21.1 Å². The van der Waals surface area contributed by atoms with E-state index in [1.165, 1.54) is 5.56 Å². The van der Waals surface area contributed by atoms with Gasteiger partial charge in [0.25, 0.3) is 0 Å². The fraction of sp³-hybridized carbons (Fsp3) is 0.462. The van der Waals surface area contributed by atoms with Gasteiger partial charge in [-0.2, -0.15) is 0 Å². The number of halogens is 1. The first-order chi connectivity index (χ1) is 7.95. The minimum Gasteiger partial charge on any atom is -0.478 e. The molecule has 4 heteroatoms. The molecule has 0 aromatic heterocycles. The predicted molar refractivity (Wildman–Crippen MR) is 76.0 cm³/mol. The van der Waals surface area contributed by atoms with E-state index in [1.807, 2.05) is 18.2 Å². The first kappa shape index (κ1) is 14.3. The highest BCUT2D eigenvalue weighted by Gasteiger charge is 2.29. The van der Waals surface area contributed by atoms with Crippen LogP contribution in [0.2, 0.25) is 0 Å². The standard InChI is InChI=1S/C13H17IO3/c1-13(2,12(15)16)17-11-7-3-5-10(9-11)6-4-8-14/h3,5,7,9H,4,6,8H2,1-2H3,(H,15,16). The number of rotatable bonds is 6. The lowest BCUT2D eigenvalue weighted by Crippen LogP contribution is -2.37. The lowest BCUT2D eigenvalue weighted by atomic mass is 10.1. The van der Waals surface area contributed by atoms with E-state index in [-0.39, 0.29) is 0 Å². The topological polar surface area (TPSA) is 46.5 Å². The summed E-state index contributed by atoms with van der Waals surface area (Å²) in [6.07, 6.45) is 2.11. The second kappa shape index (κ2) is 6.23. The zero-order chi connectivity index (χ0) is 12.9. The molecule has 0 unspecified atom stereocenters. The molecule has 17 heavy (non-hydrogen) atoms. The highest BCUT2D eigenvalue weighted by atomic mass is 127. The highest BCUT2D eigenvalue weighted by molar-refractivity contribution is 14.1. The van der Waals surface area contributed by atoms with Gasteiger partial charge in [0.05, 0.1) is 0 Å². The van der Waals surface area contributed by atoms with Gasteiger partial charge in [-0.15, -0.1) is 0 Å². The number of carboxylic acids is 1. The maximum atomic E-state index is 11.0. The van der Waals surface area contributed by atoms with Crippen molar-refractivity contribution in [2.45, 2.75) is 32.3 Å². The number of carboxylic acid groups (broad SMARTS) is 1. The van der Waals surface area contributed by atoms with E-state index in [9.17, 15) is 4.79 Å². The van der Waals surface area contributed by atoms with Crippen LogP contribution in [0.15, 0.2) is 24.3 Å². The molecule has 0 atom stereocenters. The Labute approximate surface area is 115 Å². The summed E-state index contributed by atoms with van der Waals surface area (Å²) in [5, 5.41) is 8.99. The van der Waals surface area contributed by atoms with Gasteiger partial charge in [-0.05, 0) is 48.8 Å². The Bertz CT molecular complexity index is 388. The summed E-state index contributed by atoms with van der Waals surface area (Å²) >= 11 is 2.34. The average Bonchev–Trinajstić information content (AvgIpc) is 2.26. The van der Waals surface area contributed by atoms with Crippen molar-refractivity contribution in [1.29, 1.82) is 0 Å². The van der Waals surface area contributed by atoms with E-state index in [0.717, 1.165) is 17.3 Å². The molecule has 1 N–H and O–H groups in total. The van der Waals surface area contributed by atoms with Crippen molar-refractivity contribution in [3.8, 4) is 5.75 Å². The molecule has 1 aromatic carbocycles. The van der Waals surface area contributed by atoms with Crippen LogP contribution in [0.4, 0.5) is 0 Å². The molecule has 0 aliphatic carbocycles. The Kier molecular flexibility index (Phi) is 5.24. The molecule has 0 amide bonds. The molecule has 3 nitrogen and oxygen atoms in total. The lowest BCUT2D eigenvalue weighted by molar-refractivity contribution is -0.152. The summed E-state index contributed by atoms with van der Waals surface area (Å²) in [7, 11) is 0. The first-order valence-electron chi connectivity index (χ1n) is 5.53.